The van der Waals surface area contributed by atoms with Crippen LogP contribution in [0.15, 0.2) is 0 Å². The molecule has 1 heterocycles. The first-order valence-corrected chi connectivity index (χ1v) is 9.08. The van der Waals surface area contributed by atoms with Crippen molar-refractivity contribution in [2.24, 2.45) is 0 Å². The van der Waals surface area contributed by atoms with E-state index in [2.05, 4.69) is 27.6 Å². The second-order valence-electron chi connectivity index (χ2n) is 5.12. The number of thioether (sulfide) groups is 1. The SMILES string of the molecule is Clc1nc(CSC2CCCC2)nc(C2CC2)c1I. The molecule has 2 saturated carbocycles. The molecule has 18 heavy (non-hydrogen) atoms. The predicted molar refractivity (Wildman–Crippen MR) is 85.3 cm³/mol. The maximum atomic E-state index is 6.22. The number of nitrogens with zero attached hydrogens (tertiary/aromatic N) is 2. The molecular weight excluding hydrogens is 379 g/mol. The van der Waals surface area contributed by atoms with E-state index >= 15 is 0 Å². The summed E-state index contributed by atoms with van der Waals surface area (Å²) in [6.45, 7) is 0. The molecule has 1 aromatic rings. The molecule has 0 radical (unpaired) electrons. The van der Waals surface area contributed by atoms with Crippen LogP contribution in [-0.4, -0.2) is 15.2 Å². The fourth-order valence-corrected chi connectivity index (χ4v) is 4.48. The molecule has 0 amide bonds. The predicted octanol–water partition coefficient (Wildman–Crippen LogP) is 4.79. The van der Waals surface area contributed by atoms with Crippen LogP contribution in [0.2, 0.25) is 5.15 Å². The van der Waals surface area contributed by atoms with E-state index in [9.17, 15) is 0 Å². The van der Waals surface area contributed by atoms with Gasteiger partial charge in [-0.05, 0) is 48.3 Å². The molecule has 98 valence electrons. The van der Waals surface area contributed by atoms with Crippen LogP contribution in [0.25, 0.3) is 0 Å². The molecule has 1 aromatic heterocycles. The van der Waals surface area contributed by atoms with E-state index in [1.54, 1.807) is 0 Å². The quantitative estimate of drug-likeness (QED) is 0.542. The van der Waals surface area contributed by atoms with Crippen molar-refractivity contribution in [3.63, 3.8) is 0 Å². The van der Waals surface area contributed by atoms with Gasteiger partial charge in [-0.15, -0.1) is 0 Å². The zero-order valence-electron chi connectivity index (χ0n) is 10.2. The Bertz CT molecular complexity index is 445. The molecule has 0 atom stereocenters. The second-order valence-corrected chi connectivity index (χ2v) is 7.85. The lowest BCUT2D eigenvalue weighted by Crippen LogP contribution is -2.03. The number of hydrogen-bond donors (Lipinski definition) is 0. The van der Waals surface area contributed by atoms with Gasteiger partial charge in [0.2, 0.25) is 0 Å². The van der Waals surface area contributed by atoms with E-state index in [0.29, 0.717) is 11.1 Å². The van der Waals surface area contributed by atoms with Gasteiger partial charge in [-0.3, -0.25) is 0 Å². The highest BCUT2D eigenvalue weighted by Gasteiger charge is 2.29. The zero-order chi connectivity index (χ0) is 12.5. The third kappa shape index (κ3) is 3.12. The molecule has 0 N–H and O–H groups in total. The van der Waals surface area contributed by atoms with Gasteiger partial charge in [0.15, 0.2) is 0 Å². The average molecular weight is 395 g/mol. The molecule has 2 aliphatic rings. The van der Waals surface area contributed by atoms with Gasteiger partial charge in [-0.1, -0.05) is 24.4 Å². The summed E-state index contributed by atoms with van der Waals surface area (Å²) in [6.07, 6.45) is 8.02. The molecule has 0 spiro atoms. The van der Waals surface area contributed by atoms with Gasteiger partial charge in [-0.2, -0.15) is 11.8 Å². The minimum absolute atomic E-state index is 0.646. The van der Waals surface area contributed by atoms with Crippen LogP contribution in [0.3, 0.4) is 0 Å². The third-order valence-electron chi connectivity index (χ3n) is 3.60. The fraction of sp³-hybridized carbons (Fsp3) is 0.692. The zero-order valence-corrected chi connectivity index (χ0v) is 13.9. The Morgan fingerprint density at radius 1 is 1.17 bits per heavy atom. The maximum absolute atomic E-state index is 6.22. The van der Waals surface area contributed by atoms with Gasteiger partial charge in [0.25, 0.3) is 0 Å². The summed E-state index contributed by atoms with van der Waals surface area (Å²) in [4.78, 5) is 9.16. The number of rotatable bonds is 4. The van der Waals surface area contributed by atoms with Crippen molar-refractivity contribution >= 4 is 46.0 Å². The fourth-order valence-electron chi connectivity index (χ4n) is 2.42. The van der Waals surface area contributed by atoms with Gasteiger partial charge >= 0.3 is 0 Å². The minimum atomic E-state index is 0.646. The lowest BCUT2D eigenvalue weighted by Gasteiger charge is -2.10. The Kier molecular flexibility index (Phi) is 4.35. The van der Waals surface area contributed by atoms with Crippen molar-refractivity contribution in [2.75, 3.05) is 0 Å². The summed E-state index contributed by atoms with van der Waals surface area (Å²) in [5, 5.41) is 1.46. The van der Waals surface area contributed by atoms with E-state index in [1.807, 2.05) is 11.8 Å². The molecule has 0 aromatic carbocycles. The van der Waals surface area contributed by atoms with Crippen molar-refractivity contribution in [3.05, 3.63) is 20.2 Å². The van der Waals surface area contributed by atoms with Crippen LogP contribution in [0.5, 0.6) is 0 Å². The van der Waals surface area contributed by atoms with E-state index in [1.165, 1.54) is 44.2 Å². The Balaban J connectivity index is 1.71. The second kappa shape index (κ2) is 5.83. The Hall–Kier alpha value is 0.450. The van der Waals surface area contributed by atoms with Crippen LogP contribution in [-0.2, 0) is 5.75 Å². The maximum Gasteiger partial charge on any atom is 0.146 e. The number of aromatic nitrogens is 2. The molecule has 2 fully saturated rings. The highest BCUT2D eigenvalue weighted by atomic mass is 127. The largest absolute Gasteiger partial charge is 0.236 e. The lowest BCUT2D eigenvalue weighted by molar-refractivity contribution is 0.886. The molecule has 5 heteroatoms. The topological polar surface area (TPSA) is 25.8 Å². The van der Waals surface area contributed by atoms with E-state index in [0.717, 1.165) is 20.4 Å². The van der Waals surface area contributed by atoms with Crippen molar-refractivity contribution in [1.82, 2.24) is 9.97 Å². The Morgan fingerprint density at radius 2 is 1.89 bits per heavy atom. The molecule has 0 unspecified atom stereocenters. The van der Waals surface area contributed by atoms with E-state index in [-0.39, 0.29) is 0 Å². The third-order valence-corrected chi connectivity index (χ3v) is 6.62. The lowest BCUT2D eigenvalue weighted by atomic mass is 10.3. The summed E-state index contributed by atoms with van der Waals surface area (Å²) >= 11 is 10.5. The van der Waals surface area contributed by atoms with Crippen molar-refractivity contribution in [3.8, 4) is 0 Å². The molecule has 3 rings (SSSR count). The average Bonchev–Trinajstić information content (AvgIpc) is 3.07. The molecule has 0 saturated heterocycles. The van der Waals surface area contributed by atoms with Crippen molar-refractivity contribution in [2.45, 2.75) is 55.4 Å². The van der Waals surface area contributed by atoms with Crippen molar-refractivity contribution in [1.29, 1.82) is 0 Å². The van der Waals surface area contributed by atoms with Gasteiger partial charge in [0.1, 0.15) is 11.0 Å². The highest BCUT2D eigenvalue weighted by Crippen LogP contribution is 2.42. The van der Waals surface area contributed by atoms with Gasteiger partial charge in [-0.25, -0.2) is 9.97 Å². The first-order valence-electron chi connectivity index (χ1n) is 6.57. The molecule has 2 nitrogen and oxygen atoms in total. The van der Waals surface area contributed by atoms with E-state index in [4.69, 9.17) is 16.6 Å². The number of halogens is 2. The van der Waals surface area contributed by atoms with Crippen molar-refractivity contribution < 1.29 is 0 Å². The number of hydrogen-bond acceptors (Lipinski definition) is 3. The first-order chi connectivity index (χ1) is 8.74. The monoisotopic (exact) mass is 394 g/mol. The summed E-state index contributed by atoms with van der Waals surface area (Å²) in [5.41, 5.74) is 1.19. The highest BCUT2D eigenvalue weighted by molar-refractivity contribution is 14.1. The van der Waals surface area contributed by atoms with Crippen LogP contribution in [0, 0.1) is 3.57 Å². The van der Waals surface area contributed by atoms with E-state index < -0.39 is 0 Å². The van der Waals surface area contributed by atoms with Crippen LogP contribution >= 0.6 is 46.0 Å². The molecule has 2 aliphatic carbocycles. The summed E-state index contributed by atoms with van der Waals surface area (Å²) in [6, 6.07) is 0. The molecule has 0 bridgehead atoms. The minimum Gasteiger partial charge on any atom is -0.236 e. The normalized spacial score (nSPS) is 20.6. The summed E-state index contributed by atoms with van der Waals surface area (Å²) in [7, 11) is 0. The van der Waals surface area contributed by atoms with Gasteiger partial charge in [0, 0.05) is 11.2 Å². The van der Waals surface area contributed by atoms with Gasteiger partial charge < -0.3 is 0 Å². The van der Waals surface area contributed by atoms with Gasteiger partial charge in [0.05, 0.1) is 15.0 Å². The first kappa shape index (κ1) is 13.4. The smallest absolute Gasteiger partial charge is 0.146 e. The van der Waals surface area contributed by atoms with Crippen LogP contribution in [0.1, 0.15) is 56.0 Å². The Morgan fingerprint density at radius 3 is 2.56 bits per heavy atom. The molecule has 0 aliphatic heterocycles. The Labute approximate surface area is 131 Å². The summed E-state index contributed by atoms with van der Waals surface area (Å²) < 4.78 is 1.06. The van der Waals surface area contributed by atoms with Crippen LogP contribution in [0.4, 0.5) is 0 Å². The molecular formula is C13H16ClIN2S. The standard InChI is InChI=1S/C13H16ClIN2S/c14-13-11(15)12(8-5-6-8)16-10(17-13)7-18-9-3-1-2-4-9/h8-9H,1-7H2. The van der Waals surface area contributed by atoms with Crippen LogP contribution < -0.4 is 0 Å². The summed E-state index contributed by atoms with van der Waals surface area (Å²) in [5.74, 6) is 2.49.